The van der Waals surface area contributed by atoms with Gasteiger partial charge in [-0.15, -0.1) is 0 Å². The molecule has 16 heavy (non-hydrogen) atoms. The summed E-state index contributed by atoms with van der Waals surface area (Å²) in [5.41, 5.74) is 0. The van der Waals surface area contributed by atoms with Crippen molar-refractivity contribution in [2.24, 2.45) is 0 Å². The van der Waals surface area contributed by atoms with Crippen LogP contribution >= 0.6 is 0 Å². The molecular formula is C10H14FNO3S. The van der Waals surface area contributed by atoms with Crippen LogP contribution in [0.25, 0.3) is 0 Å². The van der Waals surface area contributed by atoms with Gasteiger partial charge in [-0.3, -0.25) is 0 Å². The van der Waals surface area contributed by atoms with Gasteiger partial charge in [0, 0.05) is 6.04 Å². The Balaban J connectivity index is 2.99. The van der Waals surface area contributed by atoms with Crippen LogP contribution in [-0.4, -0.2) is 26.2 Å². The third-order valence-electron chi connectivity index (χ3n) is 2.16. The minimum atomic E-state index is -3.90. The Bertz CT molecular complexity index is 443. The molecule has 0 aliphatic rings. The second-order valence-electron chi connectivity index (χ2n) is 3.34. The van der Waals surface area contributed by atoms with Gasteiger partial charge in [0.25, 0.3) is 0 Å². The molecule has 0 heterocycles. The van der Waals surface area contributed by atoms with Gasteiger partial charge < -0.3 is 5.11 Å². The third kappa shape index (κ3) is 3.01. The molecule has 1 aromatic carbocycles. The van der Waals surface area contributed by atoms with E-state index in [2.05, 4.69) is 4.72 Å². The molecule has 2 N–H and O–H groups in total. The SMILES string of the molecule is CC[C@H](CO)NS(=O)(=O)c1ccccc1F. The molecule has 90 valence electrons. The van der Waals surface area contributed by atoms with Gasteiger partial charge in [0.2, 0.25) is 10.0 Å². The van der Waals surface area contributed by atoms with Crippen LogP contribution in [-0.2, 0) is 10.0 Å². The van der Waals surface area contributed by atoms with Gasteiger partial charge in [-0.05, 0) is 18.6 Å². The highest BCUT2D eigenvalue weighted by Gasteiger charge is 2.21. The van der Waals surface area contributed by atoms with Crippen molar-refractivity contribution in [3.8, 4) is 0 Å². The first-order chi connectivity index (χ1) is 7.51. The molecule has 1 aromatic rings. The molecule has 0 saturated carbocycles. The van der Waals surface area contributed by atoms with Crippen molar-refractivity contribution in [1.29, 1.82) is 0 Å². The molecule has 0 aliphatic heterocycles. The van der Waals surface area contributed by atoms with Crippen molar-refractivity contribution in [2.45, 2.75) is 24.3 Å². The lowest BCUT2D eigenvalue weighted by Gasteiger charge is -2.14. The number of hydrogen-bond acceptors (Lipinski definition) is 3. The molecular weight excluding hydrogens is 233 g/mol. The van der Waals surface area contributed by atoms with Crippen LogP contribution in [0.5, 0.6) is 0 Å². The fourth-order valence-electron chi connectivity index (χ4n) is 1.20. The molecule has 0 unspecified atom stereocenters. The molecule has 0 fully saturated rings. The van der Waals surface area contributed by atoms with Crippen LogP contribution in [0.4, 0.5) is 4.39 Å². The quantitative estimate of drug-likeness (QED) is 0.811. The summed E-state index contributed by atoms with van der Waals surface area (Å²) >= 11 is 0. The van der Waals surface area contributed by atoms with Crippen molar-refractivity contribution in [3.63, 3.8) is 0 Å². The summed E-state index contributed by atoms with van der Waals surface area (Å²) in [6.07, 6.45) is 0.435. The third-order valence-corrected chi connectivity index (χ3v) is 3.71. The van der Waals surface area contributed by atoms with E-state index in [0.717, 1.165) is 6.07 Å². The van der Waals surface area contributed by atoms with Crippen LogP contribution in [0, 0.1) is 5.82 Å². The number of rotatable bonds is 5. The van der Waals surface area contributed by atoms with E-state index in [1.807, 2.05) is 0 Å². The van der Waals surface area contributed by atoms with Crippen LogP contribution in [0.3, 0.4) is 0 Å². The van der Waals surface area contributed by atoms with Gasteiger partial charge >= 0.3 is 0 Å². The number of halogens is 1. The fourth-order valence-corrected chi connectivity index (χ4v) is 2.58. The highest BCUT2D eigenvalue weighted by atomic mass is 32.2. The van der Waals surface area contributed by atoms with Gasteiger partial charge in [0.05, 0.1) is 6.61 Å². The van der Waals surface area contributed by atoms with Gasteiger partial charge in [0.1, 0.15) is 10.7 Å². The van der Waals surface area contributed by atoms with Crippen molar-refractivity contribution in [2.75, 3.05) is 6.61 Å². The van der Waals surface area contributed by atoms with E-state index in [1.165, 1.54) is 18.2 Å². The van der Waals surface area contributed by atoms with Gasteiger partial charge in [-0.1, -0.05) is 19.1 Å². The van der Waals surface area contributed by atoms with Crippen molar-refractivity contribution >= 4 is 10.0 Å². The molecule has 6 heteroatoms. The van der Waals surface area contributed by atoms with E-state index >= 15 is 0 Å². The first-order valence-electron chi connectivity index (χ1n) is 4.89. The molecule has 1 rings (SSSR count). The van der Waals surface area contributed by atoms with E-state index in [-0.39, 0.29) is 6.61 Å². The van der Waals surface area contributed by atoms with Gasteiger partial charge in [-0.2, -0.15) is 0 Å². The van der Waals surface area contributed by atoms with Crippen LogP contribution in [0.15, 0.2) is 29.2 Å². The molecule has 0 aromatic heterocycles. The minimum Gasteiger partial charge on any atom is -0.395 e. The van der Waals surface area contributed by atoms with Crippen LogP contribution in [0.2, 0.25) is 0 Å². The summed E-state index contributed by atoms with van der Waals surface area (Å²) in [7, 11) is -3.90. The lowest BCUT2D eigenvalue weighted by Crippen LogP contribution is -2.37. The molecule has 0 saturated heterocycles. The molecule has 0 spiro atoms. The summed E-state index contributed by atoms with van der Waals surface area (Å²) in [6.45, 7) is 1.41. The average molecular weight is 247 g/mol. The maximum Gasteiger partial charge on any atom is 0.243 e. The van der Waals surface area contributed by atoms with E-state index < -0.39 is 26.8 Å². The number of sulfonamides is 1. The Morgan fingerprint density at radius 2 is 2.06 bits per heavy atom. The zero-order chi connectivity index (χ0) is 12.2. The van der Waals surface area contributed by atoms with E-state index in [4.69, 9.17) is 5.11 Å². The second-order valence-corrected chi connectivity index (χ2v) is 5.02. The lowest BCUT2D eigenvalue weighted by atomic mass is 10.3. The predicted molar refractivity (Wildman–Crippen MR) is 57.9 cm³/mol. The monoisotopic (exact) mass is 247 g/mol. The molecule has 1 atom stereocenters. The normalized spacial score (nSPS) is 13.7. The first kappa shape index (κ1) is 13.1. The largest absolute Gasteiger partial charge is 0.395 e. The van der Waals surface area contributed by atoms with Crippen LogP contribution in [0.1, 0.15) is 13.3 Å². The van der Waals surface area contributed by atoms with Gasteiger partial charge in [0.15, 0.2) is 0 Å². The number of hydrogen-bond donors (Lipinski definition) is 2. The Labute approximate surface area is 94.2 Å². The zero-order valence-corrected chi connectivity index (χ0v) is 9.67. The lowest BCUT2D eigenvalue weighted by molar-refractivity contribution is 0.253. The average Bonchev–Trinajstić information content (AvgIpc) is 2.26. The Morgan fingerprint density at radius 1 is 1.44 bits per heavy atom. The van der Waals surface area contributed by atoms with Crippen molar-refractivity contribution < 1.29 is 17.9 Å². The maximum absolute atomic E-state index is 13.3. The molecule has 0 bridgehead atoms. The summed E-state index contributed by atoms with van der Waals surface area (Å²) in [4.78, 5) is -0.401. The fraction of sp³-hybridized carbons (Fsp3) is 0.400. The van der Waals surface area contributed by atoms with Crippen molar-refractivity contribution in [1.82, 2.24) is 4.72 Å². The van der Waals surface area contributed by atoms with Crippen molar-refractivity contribution in [3.05, 3.63) is 30.1 Å². The summed E-state index contributed by atoms with van der Waals surface area (Å²) in [6, 6.07) is 4.52. The van der Waals surface area contributed by atoms with Gasteiger partial charge in [-0.25, -0.2) is 17.5 Å². The number of benzene rings is 1. The Hall–Kier alpha value is -0.980. The minimum absolute atomic E-state index is 0.315. The standard InChI is InChI=1S/C10H14FNO3S/c1-2-8(7-13)12-16(14,15)10-6-4-3-5-9(10)11/h3-6,8,12-13H,2,7H2,1H3/t8-/m1/s1. The number of aliphatic hydroxyl groups excluding tert-OH is 1. The zero-order valence-electron chi connectivity index (χ0n) is 8.85. The molecule has 0 amide bonds. The number of aliphatic hydroxyl groups is 1. The van der Waals surface area contributed by atoms with E-state index in [0.29, 0.717) is 6.42 Å². The summed E-state index contributed by atoms with van der Waals surface area (Å²) < 4.78 is 38.9. The molecule has 4 nitrogen and oxygen atoms in total. The molecule has 0 aliphatic carbocycles. The summed E-state index contributed by atoms with van der Waals surface area (Å²) in [5, 5.41) is 8.88. The van der Waals surface area contributed by atoms with Crippen LogP contribution < -0.4 is 4.72 Å². The Morgan fingerprint density at radius 3 is 2.56 bits per heavy atom. The summed E-state index contributed by atoms with van der Waals surface area (Å²) in [5.74, 6) is -0.803. The Kier molecular flexibility index (Phi) is 4.40. The van der Waals surface area contributed by atoms with E-state index in [9.17, 15) is 12.8 Å². The van der Waals surface area contributed by atoms with E-state index in [1.54, 1.807) is 6.92 Å². The number of nitrogens with one attached hydrogen (secondary N) is 1. The topological polar surface area (TPSA) is 66.4 Å². The maximum atomic E-state index is 13.3. The highest BCUT2D eigenvalue weighted by Crippen LogP contribution is 2.13. The second kappa shape index (κ2) is 5.38. The predicted octanol–water partition coefficient (Wildman–Crippen LogP) is 0.875. The first-order valence-corrected chi connectivity index (χ1v) is 6.37. The molecule has 0 radical (unpaired) electrons. The smallest absolute Gasteiger partial charge is 0.243 e. The highest BCUT2D eigenvalue weighted by molar-refractivity contribution is 7.89.